The Morgan fingerprint density at radius 2 is 1.09 bits per heavy atom. The number of hydrogen-bond donors (Lipinski definition) is 4. The lowest BCUT2D eigenvalue weighted by Gasteiger charge is -2.27. The molecule has 4 aromatic heterocycles. The van der Waals surface area contributed by atoms with Crippen LogP contribution in [0.4, 0.5) is 9.59 Å². The van der Waals surface area contributed by atoms with Crippen LogP contribution in [-0.4, -0.2) is 122 Å². The second kappa shape index (κ2) is 22.4. The van der Waals surface area contributed by atoms with E-state index in [-0.39, 0.29) is 37.1 Å². The first-order chi connectivity index (χ1) is 33.2. The first kappa shape index (κ1) is 47.7. The summed E-state index contributed by atoms with van der Waals surface area (Å²) in [6.07, 6.45) is 5.09. The number of carbonyl (C=O) groups is 4. The second-order valence-corrected chi connectivity index (χ2v) is 18.0. The summed E-state index contributed by atoms with van der Waals surface area (Å²) in [4.78, 5) is 74.1. The molecule has 358 valence electrons. The number of carbonyl (C=O) groups excluding carboxylic acids is 4. The first-order valence-electron chi connectivity index (χ1n) is 22.2. The van der Waals surface area contributed by atoms with Gasteiger partial charge in [0.2, 0.25) is 0 Å². The molecule has 0 bridgehead atoms. The van der Waals surface area contributed by atoms with Gasteiger partial charge in [0, 0.05) is 59.3 Å². The van der Waals surface area contributed by atoms with Crippen LogP contribution in [-0.2, 0) is 28.5 Å². The highest BCUT2D eigenvalue weighted by Crippen LogP contribution is 2.42. The number of H-pyrrole nitrogens is 2. The van der Waals surface area contributed by atoms with Crippen molar-refractivity contribution < 1.29 is 47.6 Å². The topological polar surface area (TPSA) is 212 Å². The second-order valence-electron chi connectivity index (χ2n) is 16.0. The Bertz CT molecular complexity index is 2470. The van der Waals surface area contributed by atoms with Crippen LogP contribution in [0.1, 0.15) is 71.3 Å². The molecule has 2 aliphatic heterocycles. The van der Waals surface area contributed by atoms with Gasteiger partial charge in [-0.25, -0.2) is 19.6 Å². The van der Waals surface area contributed by atoms with Crippen LogP contribution in [0.15, 0.2) is 83.8 Å². The molecule has 20 heteroatoms. The van der Waals surface area contributed by atoms with Crippen LogP contribution >= 0.6 is 22.7 Å². The molecule has 6 aromatic rings. The van der Waals surface area contributed by atoms with E-state index in [0.29, 0.717) is 72.0 Å². The molecule has 0 saturated carbocycles. The molecule has 2 aromatic carbocycles. The van der Waals surface area contributed by atoms with Crippen molar-refractivity contribution in [1.29, 1.82) is 0 Å². The number of amides is 4. The first-order valence-corrected chi connectivity index (χ1v) is 24.0. The molecule has 6 heterocycles. The van der Waals surface area contributed by atoms with E-state index in [1.807, 2.05) is 71.4 Å². The minimum absolute atomic E-state index is 0.235. The average Bonchev–Trinajstić information content (AvgIpc) is 4.22. The number of likely N-dealkylation sites (tertiary alicyclic amines) is 2. The number of alkyl carbamates (subject to hydrolysis) is 2. The smallest absolute Gasteiger partial charge is 0.407 e. The number of thiophene rings is 2. The van der Waals surface area contributed by atoms with Gasteiger partial charge in [-0.2, -0.15) is 0 Å². The zero-order valence-corrected chi connectivity index (χ0v) is 39.8. The van der Waals surface area contributed by atoms with Crippen LogP contribution in [0.3, 0.4) is 0 Å². The Morgan fingerprint density at radius 1 is 0.647 bits per heavy atom. The van der Waals surface area contributed by atoms with Crippen molar-refractivity contribution >= 4 is 46.7 Å². The minimum Gasteiger partial charge on any atom is -0.491 e. The van der Waals surface area contributed by atoms with Gasteiger partial charge in [0.1, 0.15) is 48.4 Å². The zero-order chi connectivity index (χ0) is 47.6. The molecule has 0 spiro atoms. The van der Waals surface area contributed by atoms with Crippen LogP contribution in [0.25, 0.3) is 33.6 Å². The third-order valence-corrected chi connectivity index (χ3v) is 13.8. The van der Waals surface area contributed by atoms with Gasteiger partial charge in [0.25, 0.3) is 11.8 Å². The summed E-state index contributed by atoms with van der Waals surface area (Å²) in [6.45, 7) is 2.32. The molecule has 2 saturated heterocycles. The van der Waals surface area contributed by atoms with Crippen molar-refractivity contribution in [3.05, 3.63) is 105 Å². The molecule has 4 atom stereocenters. The van der Waals surface area contributed by atoms with Crippen molar-refractivity contribution in [1.82, 2.24) is 40.4 Å². The number of rotatable bonds is 19. The highest BCUT2D eigenvalue weighted by atomic mass is 32.1. The predicted molar refractivity (Wildman–Crippen MR) is 254 cm³/mol. The molecule has 8 rings (SSSR count). The van der Waals surface area contributed by atoms with E-state index in [4.69, 9.17) is 38.4 Å². The third-order valence-electron chi connectivity index (χ3n) is 11.9. The Morgan fingerprint density at radius 3 is 1.47 bits per heavy atom. The number of nitrogens with zero attached hydrogens (tertiary/aromatic N) is 4. The molecule has 4 N–H and O–H groups in total. The number of nitrogens with one attached hydrogen (secondary N) is 4. The van der Waals surface area contributed by atoms with Gasteiger partial charge in [-0.05, 0) is 72.8 Å². The maximum Gasteiger partial charge on any atom is 0.407 e. The van der Waals surface area contributed by atoms with Crippen molar-refractivity contribution in [2.75, 3.05) is 68.0 Å². The highest BCUT2D eigenvalue weighted by molar-refractivity contribution is 7.10. The van der Waals surface area contributed by atoms with Gasteiger partial charge < -0.3 is 58.8 Å². The van der Waals surface area contributed by atoms with Crippen molar-refractivity contribution in [2.24, 2.45) is 0 Å². The molecular formula is C48H54N8O10S2. The number of ether oxygens (including phenoxy) is 6. The van der Waals surface area contributed by atoms with E-state index in [1.54, 1.807) is 36.4 Å². The summed E-state index contributed by atoms with van der Waals surface area (Å²) >= 11 is 2.78. The predicted octanol–water partition coefficient (Wildman–Crippen LogP) is 7.83. The Hall–Kier alpha value is -6.74. The average molecular weight is 967 g/mol. The maximum atomic E-state index is 14.0. The van der Waals surface area contributed by atoms with Crippen molar-refractivity contribution in [3.8, 4) is 45.1 Å². The van der Waals surface area contributed by atoms with E-state index in [2.05, 4.69) is 20.6 Å². The van der Waals surface area contributed by atoms with Crippen molar-refractivity contribution in [3.63, 3.8) is 0 Å². The van der Waals surface area contributed by atoms with Gasteiger partial charge >= 0.3 is 12.2 Å². The fourth-order valence-electron chi connectivity index (χ4n) is 8.57. The van der Waals surface area contributed by atoms with E-state index in [0.717, 1.165) is 46.5 Å². The molecule has 0 unspecified atom stereocenters. The van der Waals surface area contributed by atoms with Crippen LogP contribution < -0.4 is 20.1 Å². The summed E-state index contributed by atoms with van der Waals surface area (Å²) in [5.74, 6) is 1.97. The normalized spacial score (nSPS) is 16.6. The summed E-state index contributed by atoms with van der Waals surface area (Å²) in [7, 11) is 5.78. The molecule has 68 heavy (non-hydrogen) atoms. The van der Waals surface area contributed by atoms with Gasteiger partial charge in [-0.15, -0.1) is 22.7 Å². The van der Waals surface area contributed by atoms with E-state index in [9.17, 15) is 19.2 Å². The van der Waals surface area contributed by atoms with Gasteiger partial charge in [0.05, 0.1) is 63.3 Å². The zero-order valence-electron chi connectivity index (χ0n) is 38.2. The highest BCUT2D eigenvalue weighted by Gasteiger charge is 2.39. The van der Waals surface area contributed by atoms with E-state index < -0.39 is 24.3 Å². The van der Waals surface area contributed by atoms with Crippen LogP contribution in [0.5, 0.6) is 11.5 Å². The Labute approximate surface area is 401 Å². The quantitative estimate of drug-likeness (QED) is 0.0573. The standard InChI is InChI=1S/C48H54N8O10S2/c1-61-19-21-65-37-25-29(33-27-49-43(51-33)35-9-5-17-55(35)45(57)41(53-47(59)63-3)39-11-7-23-67-39)13-15-31(37)32-16-14-30(26-38(32)66-22-20-62-2)34-28-50-44(52-34)36-10-6-18-56(36)46(58)42(54-48(60)64-4)40-12-8-24-68-40/h7-8,11-16,23-28,35-36,41-42H,5-6,9-10,17-22H2,1-4H3,(H,49,51)(H,50,52)(H,53,59)(H,54,60)/t35-,36-,41+,42+/m0/s1. The molecule has 0 radical (unpaired) electrons. The lowest BCUT2D eigenvalue weighted by Crippen LogP contribution is -2.42. The van der Waals surface area contributed by atoms with Gasteiger partial charge in [0.15, 0.2) is 0 Å². The fraction of sp³-hybridized carbons (Fsp3) is 0.375. The van der Waals surface area contributed by atoms with Crippen LogP contribution in [0, 0.1) is 0 Å². The Balaban J connectivity index is 1.05. The fourth-order valence-corrected chi connectivity index (χ4v) is 10.1. The molecule has 0 aliphatic carbocycles. The summed E-state index contributed by atoms with van der Waals surface area (Å²) in [5.41, 5.74) is 4.64. The molecule has 2 fully saturated rings. The lowest BCUT2D eigenvalue weighted by molar-refractivity contribution is -0.135. The number of benzene rings is 2. The van der Waals surface area contributed by atoms with Gasteiger partial charge in [-0.3, -0.25) is 9.59 Å². The summed E-state index contributed by atoms with van der Waals surface area (Å²) in [6, 6.07) is 16.7. The number of methoxy groups -OCH3 is 4. The van der Waals surface area contributed by atoms with E-state index >= 15 is 0 Å². The largest absolute Gasteiger partial charge is 0.491 e. The molecule has 4 amide bonds. The Kier molecular flexibility index (Phi) is 15.7. The summed E-state index contributed by atoms with van der Waals surface area (Å²) in [5, 5.41) is 9.16. The maximum absolute atomic E-state index is 14.0. The van der Waals surface area contributed by atoms with Crippen LogP contribution in [0.2, 0.25) is 0 Å². The molecular weight excluding hydrogens is 913 g/mol. The minimum atomic E-state index is -0.888. The number of aromatic amines is 2. The molecule has 2 aliphatic rings. The third kappa shape index (κ3) is 10.7. The summed E-state index contributed by atoms with van der Waals surface area (Å²) < 4.78 is 33.2. The van der Waals surface area contributed by atoms with Gasteiger partial charge in [-0.1, -0.05) is 24.3 Å². The SMILES string of the molecule is COCCOc1cc(-c2cnc([C@@H]3CCCN3C(=O)[C@H](NC(=O)OC)c3cccs3)[nH]2)ccc1-c1ccc(-c2cnc([C@@H]3CCCN3C(=O)[C@H](NC(=O)OC)c3cccs3)[nH]2)cc1OCCOC. The van der Waals surface area contributed by atoms with Crippen molar-refractivity contribution in [2.45, 2.75) is 49.9 Å². The number of hydrogen-bond acceptors (Lipinski definition) is 14. The van der Waals surface area contributed by atoms with E-state index in [1.165, 1.54) is 36.9 Å². The monoisotopic (exact) mass is 966 g/mol. The number of imidazole rings is 2. The molecule has 18 nitrogen and oxygen atoms in total. The lowest BCUT2D eigenvalue weighted by atomic mass is 9.98. The number of aromatic nitrogens is 4.